The van der Waals surface area contributed by atoms with Crippen molar-refractivity contribution in [2.45, 2.75) is 26.9 Å². The van der Waals surface area contributed by atoms with Crippen molar-refractivity contribution in [1.29, 1.82) is 0 Å². The highest BCUT2D eigenvalue weighted by Gasteiger charge is 2.10. The molecule has 4 nitrogen and oxygen atoms in total. The molecule has 0 amide bonds. The minimum absolute atomic E-state index is 0.121. The van der Waals surface area contributed by atoms with Gasteiger partial charge in [0.15, 0.2) is 5.82 Å². The standard InChI is InChI=1S/C6H5F3N2.C6H6F2N2.C2H6/c7-4-1-3(2-10)5(8)6(9)11-4;7-5-1-4(3-9)2-6(8)10-5;1-2/h1H,2,10H2;1-2H,3,9H2;1-2H3. The molecule has 2 heterocycles. The predicted octanol–water partition coefficient (Wildman–Crippen LogP) is 2.80. The number of aromatic nitrogens is 2. The Kier molecular flexibility index (Phi) is 9.59. The molecule has 0 bridgehead atoms. The van der Waals surface area contributed by atoms with Gasteiger partial charge in [0, 0.05) is 24.7 Å². The van der Waals surface area contributed by atoms with Crippen LogP contribution in [0, 0.1) is 29.6 Å². The van der Waals surface area contributed by atoms with Crippen LogP contribution in [0.1, 0.15) is 25.0 Å². The lowest BCUT2D eigenvalue weighted by atomic mass is 10.2. The molecule has 0 aliphatic rings. The number of halogens is 5. The molecule has 2 aromatic rings. The van der Waals surface area contributed by atoms with Crippen molar-refractivity contribution < 1.29 is 22.0 Å². The zero-order valence-corrected chi connectivity index (χ0v) is 12.6. The summed E-state index contributed by atoms with van der Waals surface area (Å²) in [6.07, 6.45) is 0. The fourth-order valence-corrected chi connectivity index (χ4v) is 1.30. The zero-order valence-electron chi connectivity index (χ0n) is 12.6. The maximum absolute atomic E-state index is 12.5. The number of nitrogens with two attached hydrogens (primary N) is 2. The van der Waals surface area contributed by atoms with Gasteiger partial charge < -0.3 is 11.5 Å². The highest BCUT2D eigenvalue weighted by Crippen LogP contribution is 2.09. The molecule has 0 radical (unpaired) electrons. The van der Waals surface area contributed by atoms with Crippen LogP contribution in [0.4, 0.5) is 22.0 Å². The molecule has 0 aliphatic carbocycles. The van der Waals surface area contributed by atoms with Crippen LogP contribution in [-0.4, -0.2) is 9.97 Å². The fourth-order valence-electron chi connectivity index (χ4n) is 1.30. The Bertz CT molecular complexity index is 602. The molecule has 0 saturated carbocycles. The summed E-state index contributed by atoms with van der Waals surface area (Å²) >= 11 is 0. The second-order valence-corrected chi connectivity index (χ2v) is 3.74. The molecular formula is C14H17F5N4. The first-order valence-electron chi connectivity index (χ1n) is 6.59. The molecular weight excluding hydrogens is 319 g/mol. The molecule has 0 atom stereocenters. The van der Waals surface area contributed by atoms with Crippen molar-refractivity contribution in [1.82, 2.24) is 9.97 Å². The number of hydrogen-bond donors (Lipinski definition) is 2. The van der Waals surface area contributed by atoms with E-state index in [1.54, 1.807) is 0 Å². The molecule has 0 unspecified atom stereocenters. The van der Waals surface area contributed by atoms with Crippen LogP contribution in [0.2, 0.25) is 0 Å². The lowest BCUT2D eigenvalue weighted by molar-refractivity contribution is 0.439. The largest absolute Gasteiger partial charge is 0.326 e. The van der Waals surface area contributed by atoms with Gasteiger partial charge in [0.25, 0.3) is 5.95 Å². The van der Waals surface area contributed by atoms with Crippen LogP contribution < -0.4 is 11.5 Å². The summed E-state index contributed by atoms with van der Waals surface area (Å²) in [5, 5.41) is 0. The van der Waals surface area contributed by atoms with E-state index in [4.69, 9.17) is 11.5 Å². The highest BCUT2D eigenvalue weighted by molar-refractivity contribution is 5.14. The van der Waals surface area contributed by atoms with Gasteiger partial charge in [-0.1, -0.05) is 13.8 Å². The summed E-state index contributed by atoms with van der Waals surface area (Å²) in [6, 6.07) is 2.96. The summed E-state index contributed by atoms with van der Waals surface area (Å²) in [7, 11) is 0. The number of rotatable bonds is 2. The Balaban J connectivity index is 0.000000381. The summed E-state index contributed by atoms with van der Waals surface area (Å²) in [5.41, 5.74) is 10.3. The molecule has 0 spiro atoms. The Morgan fingerprint density at radius 2 is 1.26 bits per heavy atom. The topological polar surface area (TPSA) is 77.8 Å². The van der Waals surface area contributed by atoms with E-state index in [0.717, 1.165) is 18.2 Å². The van der Waals surface area contributed by atoms with Gasteiger partial charge in [-0.05, 0) is 17.7 Å². The monoisotopic (exact) mass is 336 g/mol. The van der Waals surface area contributed by atoms with Crippen LogP contribution in [0.5, 0.6) is 0 Å². The maximum Gasteiger partial charge on any atom is 0.251 e. The quantitative estimate of drug-likeness (QED) is 0.653. The van der Waals surface area contributed by atoms with E-state index in [0.29, 0.717) is 5.56 Å². The van der Waals surface area contributed by atoms with E-state index in [1.165, 1.54) is 0 Å². The van der Waals surface area contributed by atoms with E-state index < -0.39 is 29.6 Å². The minimum atomic E-state index is -1.45. The van der Waals surface area contributed by atoms with Crippen molar-refractivity contribution in [3.63, 3.8) is 0 Å². The zero-order chi connectivity index (χ0) is 18.0. The molecule has 0 aliphatic heterocycles. The van der Waals surface area contributed by atoms with Gasteiger partial charge in [-0.15, -0.1) is 0 Å². The van der Waals surface area contributed by atoms with Gasteiger partial charge in [-0.3, -0.25) is 0 Å². The van der Waals surface area contributed by atoms with Gasteiger partial charge in [-0.25, -0.2) is 4.39 Å². The second-order valence-electron chi connectivity index (χ2n) is 3.74. The van der Waals surface area contributed by atoms with Gasteiger partial charge in [0.05, 0.1) is 0 Å². The highest BCUT2D eigenvalue weighted by atomic mass is 19.2. The molecule has 0 fully saturated rings. The van der Waals surface area contributed by atoms with Crippen LogP contribution in [-0.2, 0) is 13.1 Å². The molecule has 0 saturated heterocycles. The Morgan fingerprint density at radius 1 is 0.783 bits per heavy atom. The van der Waals surface area contributed by atoms with Crippen LogP contribution in [0.15, 0.2) is 18.2 Å². The third kappa shape index (κ3) is 7.11. The molecule has 23 heavy (non-hydrogen) atoms. The summed E-state index contributed by atoms with van der Waals surface area (Å²) < 4.78 is 61.4. The third-order valence-corrected chi connectivity index (χ3v) is 2.24. The van der Waals surface area contributed by atoms with Gasteiger partial charge in [0.2, 0.25) is 17.8 Å². The van der Waals surface area contributed by atoms with Crippen molar-refractivity contribution >= 4 is 0 Å². The predicted molar refractivity (Wildman–Crippen MR) is 75.4 cm³/mol. The smallest absolute Gasteiger partial charge is 0.251 e. The second kappa shape index (κ2) is 10.6. The van der Waals surface area contributed by atoms with Crippen molar-refractivity contribution in [3.05, 3.63) is 58.9 Å². The summed E-state index contributed by atoms with van der Waals surface area (Å²) in [6.45, 7) is 3.87. The van der Waals surface area contributed by atoms with Crippen LogP contribution in [0.25, 0.3) is 0 Å². The average molecular weight is 336 g/mol. The van der Waals surface area contributed by atoms with Gasteiger partial charge >= 0.3 is 0 Å². The molecule has 128 valence electrons. The minimum Gasteiger partial charge on any atom is -0.326 e. The maximum atomic E-state index is 12.5. The molecule has 9 heteroatoms. The van der Waals surface area contributed by atoms with Gasteiger partial charge in [0.1, 0.15) is 0 Å². The van der Waals surface area contributed by atoms with E-state index >= 15 is 0 Å². The fraction of sp³-hybridized carbons (Fsp3) is 0.286. The lowest BCUT2D eigenvalue weighted by Gasteiger charge is -1.98. The van der Waals surface area contributed by atoms with Gasteiger partial charge in [-0.2, -0.15) is 27.5 Å². The summed E-state index contributed by atoms with van der Waals surface area (Å²) in [4.78, 5) is 5.51. The molecule has 2 aromatic heterocycles. The number of pyridine rings is 2. The SMILES string of the molecule is CC.NCc1cc(F)nc(F)c1.NCc1cc(F)nc(F)c1F. The lowest BCUT2D eigenvalue weighted by Crippen LogP contribution is -2.05. The molecule has 4 N–H and O–H groups in total. The van der Waals surface area contributed by atoms with Crippen LogP contribution in [0.3, 0.4) is 0 Å². The number of nitrogens with zero attached hydrogens (tertiary/aromatic N) is 2. The van der Waals surface area contributed by atoms with Crippen molar-refractivity contribution in [2.24, 2.45) is 11.5 Å². The molecule has 0 aromatic carbocycles. The normalized spacial score (nSPS) is 9.43. The average Bonchev–Trinajstić information content (AvgIpc) is 2.52. The number of hydrogen-bond acceptors (Lipinski definition) is 4. The van der Waals surface area contributed by atoms with E-state index in [-0.39, 0.29) is 18.7 Å². The van der Waals surface area contributed by atoms with Crippen molar-refractivity contribution in [3.8, 4) is 0 Å². The first-order chi connectivity index (χ1) is 10.9. The third-order valence-electron chi connectivity index (χ3n) is 2.24. The van der Waals surface area contributed by atoms with Crippen LogP contribution >= 0.6 is 0 Å². The van der Waals surface area contributed by atoms with E-state index in [2.05, 4.69) is 9.97 Å². The molecule has 2 rings (SSSR count). The van der Waals surface area contributed by atoms with E-state index in [1.807, 2.05) is 13.8 Å². The Hall–Kier alpha value is -2.13. The Labute approximate surface area is 130 Å². The first-order valence-corrected chi connectivity index (χ1v) is 6.59. The van der Waals surface area contributed by atoms with Crippen molar-refractivity contribution in [2.75, 3.05) is 0 Å². The van der Waals surface area contributed by atoms with E-state index in [9.17, 15) is 22.0 Å². The summed E-state index contributed by atoms with van der Waals surface area (Å²) in [5.74, 6) is -5.37. The Morgan fingerprint density at radius 3 is 1.70 bits per heavy atom. The first kappa shape index (κ1) is 20.9.